The van der Waals surface area contributed by atoms with Crippen LogP contribution in [0.25, 0.3) is 0 Å². The molecule has 0 saturated carbocycles. The number of aryl methyl sites for hydroxylation is 3. The highest BCUT2D eigenvalue weighted by Gasteiger charge is 2.12. The second kappa shape index (κ2) is 6.10. The molecule has 0 bridgehead atoms. The van der Waals surface area contributed by atoms with Crippen molar-refractivity contribution in [1.29, 1.82) is 0 Å². The number of benzene rings is 2. The van der Waals surface area contributed by atoms with Gasteiger partial charge >= 0.3 is 0 Å². The van der Waals surface area contributed by atoms with Crippen LogP contribution in [0.3, 0.4) is 0 Å². The van der Waals surface area contributed by atoms with E-state index in [-0.39, 0.29) is 6.04 Å². The lowest BCUT2D eigenvalue weighted by Crippen LogP contribution is -2.15. The zero-order valence-corrected chi connectivity index (χ0v) is 12.7. The van der Waals surface area contributed by atoms with Crippen LogP contribution in [0.4, 0.5) is 0 Å². The fourth-order valence-corrected chi connectivity index (χ4v) is 2.74. The second-order valence-corrected chi connectivity index (χ2v) is 5.46. The average molecular weight is 269 g/mol. The van der Waals surface area contributed by atoms with E-state index in [9.17, 15) is 0 Å². The smallest absolute Gasteiger partial charge is 0.119 e. The molecule has 1 atom stereocenters. The Morgan fingerprint density at radius 1 is 1.05 bits per heavy atom. The third-order valence-corrected chi connectivity index (χ3v) is 3.79. The average Bonchev–Trinajstić information content (AvgIpc) is 2.42. The molecular weight excluding hydrogens is 246 g/mol. The van der Waals surface area contributed by atoms with Gasteiger partial charge in [-0.1, -0.05) is 29.8 Å². The molecule has 0 spiro atoms. The molecule has 2 aromatic rings. The fourth-order valence-electron chi connectivity index (χ4n) is 2.74. The van der Waals surface area contributed by atoms with E-state index in [4.69, 9.17) is 10.5 Å². The zero-order chi connectivity index (χ0) is 14.7. The molecule has 2 rings (SSSR count). The van der Waals surface area contributed by atoms with Gasteiger partial charge in [0.15, 0.2) is 0 Å². The molecule has 1 unspecified atom stereocenters. The summed E-state index contributed by atoms with van der Waals surface area (Å²) in [7, 11) is 1.68. The summed E-state index contributed by atoms with van der Waals surface area (Å²) >= 11 is 0. The third-order valence-electron chi connectivity index (χ3n) is 3.79. The topological polar surface area (TPSA) is 35.2 Å². The monoisotopic (exact) mass is 269 g/mol. The predicted molar refractivity (Wildman–Crippen MR) is 84.3 cm³/mol. The van der Waals surface area contributed by atoms with Crippen molar-refractivity contribution in [2.75, 3.05) is 7.11 Å². The number of ether oxygens (including phenoxy) is 1. The number of nitrogens with two attached hydrogens (primary N) is 1. The number of methoxy groups -OCH3 is 1. The molecule has 0 aliphatic carbocycles. The minimum absolute atomic E-state index is 0.00907. The Hall–Kier alpha value is -1.80. The minimum Gasteiger partial charge on any atom is -0.497 e. The molecule has 0 fully saturated rings. The van der Waals surface area contributed by atoms with Crippen molar-refractivity contribution in [3.63, 3.8) is 0 Å². The summed E-state index contributed by atoms with van der Waals surface area (Å²) in [5, 5.41) is 0. The third kappa shape index (κ3) is 3.20. The summed E-state index contributed by atoms with van der Waals surface area (Å²) < 4.78 is 5.26. The molecule has 0 heterocycles. The highest BCUT2D eigenvalue weighted by Crippen LogP contribution is 2.24. The molecule has 0 amide bonds. The van der Waals surface area contributed by atoms with Crippen molar-refractivity contribution < 1.29 is 4.74 Å². The number of hydrogen-bond acceptors (Lipinski definition) is 2. The molecule has 0 aromatic heterocycles. The maximum Gasteiger partial charge on any atom is 0.119 e. The van der Waals surface area contributed by atoms with Gasteiger partial charge in [0, 0.05) is 6.04 Å². The van der Waals surface area contributed by atoms with E-state index in [0.29, 0.717) is 0 Å². The Balaban J connectivity index is 2.25. The quantitative estimate of drug-likeness (QED) is 0.914. The summed E-state index contributed by atoms with van der Waals surface area (Å²) in [5.74, 6) is 0.857. The standard InChI is InChI=1S/C18H23NO/c1-12-8-13(2)17(14(3)9-12)11-18(19)15-6-5-7-16(10-15)20-4/h5-10,18H,11,19H2,1-4H3. The van der Waals surface area contributed by atoms with Gasteiger partial charge in [-0.3, -0.25) is 0 Å². The van der Waals surface area contributed by atoms with Gasteiger partial charge in [-0.2, -0.15) is 0 Å². The Bertz CT molecular complexity index is 581. The molecule has 0 aliphatic heterocycles. The van der Waals surface area contributed by atoms with Crippen LogP contribution < -0.4 is 10.5 Å². The Morgan fingerprint density at radius 3 is 2.30 bits per heavy atom. The first-order chi connectivity index (χ1) is 9.51. The second-order valence-electron chi connectivity index (χ2n) is 5.46. The maximum atomic E-state index is 6.37. The van der Waals surface area contributed by atoms with Gasteiger partial charge in [-0.15, -0.1) is 0 Å². The maximum absolute atomic E-state index is 6.37. The zero-order valence-electron chi connectivity index (χ0n) is 12.7. The van der Waals surface area contributed by atoms with Crippen LogP contribution in [-0.4, -0.2) is 7.11 Å². The van der Waals surface area contributed by atoms with Crippen LogP contribution in [0.15, 0.2) is 36.4 Å². The van der Waals surface area contributed by atoms with Crippen LogP contribution in [0.5, 0.6) is 5.75 Å². The lowest BCUT2D eigenvalue weighted by molar-refractivity contribution is 0.414. The molecule has 0 aliphatic rings. The van der Waals surface area contributed by atoms with Crippen LogP contribution in [0.1, 0.15) is 33.9 Å². The van der Waals surface area contributed by atoms with Gasteiger partial charge < -0.3 is 10.5 Å². The molecule has 0 radical (unpaired) electrons. The van der Waals surface area contributed by atoms with E-state index in [0.717, 1.165) is 17.7 Å². The van der Waals surface area contributed by atoms with Crippen molar-refractivity contribution in [1.82, 2.24) is 0 Å². The summed E-state index contributed by atoms with van der Waals surface area (Å²) in [5.41, 5.74) is 12.8. The van der Waals surface area contributed by atoms with E-state index in [1.807, 2.05) is 18.2 Å². The van der Waals surface area contributed by atoms with E-state index in [1.54, 1.807) is 7.11 Å². The first-order valence-corrected chi connectivity index (χ1v) is 6.97. The van der Waals surface area contributed by atoms with Crippen LogP contribution in [0, 0.1) is 20.8 Å². The first-order valence-electron chi connectivity index (χ1n) is 6.97. The van der Waals surface area contributed by atoms with Crippen molar-refractivity contribution >= 4 is 0 Å². The fraction of sp³-hybridized carbons (Fsp3) is 0.333. The highest BCUT2D eigenvalue weighted by molar-refractivity contribution is 5.39. The molecule has 2 heteroatoms. The van der Waals surface area contributed by atoms with E-state index in [1.165, 1.54) is 22.3 Å². The molecule has 20 heavy (non-hydrogen) atoms. The largest absolute Gasteiger partial charge is 0.497 e. The van der Waals surface area contributed by atoms with Gasteiger partial charge in [-0.25, -0.2) is 0 Å². The number of rotatable bonds is 4. The highest BCUT2D eigenvalue weighted by atomic mass is 16.5. The lowest BCUT2D eigenvalue weighted by atomic mass is 9.92. The predicted octanol–water partition coefficient (Wildman–Crippen LogP) is 3.86. The van der Waals surface area contributed by atoms with E-state index < -0.39 is 0 Å². The Kier molecular flexibility index (Phi) is 4.46. The first kappa shape index (κ1) is 14.6. The Labute approximate surface area is 121 Å². The van der Waals surface area contributed by atoms with Gasteiger partial charge in [0.2, 0.25) is 0 Å². The SMILES string of the molecule is COc1cccc(C(N)Cc2c(C)cc(C)cc2C)c1. The lowest BCUT2D eigenvalue weighted by Gasteiger charge is -2.17. The molecule has 2 N–H and O–H groups in total. The summed E-state index contributed by atoms with van der Waals surface area (Å²) in [4.78, 5) is 0. The van der Waals surface area contributed by atoms with E-state index >= 15 is 0 Å². The van der Waals surface area contributed by atoms with Crippen molar-refractivity contribution in [3.05, 3.63) is 64.2 Å². The molecular formula is C18H23NO. The summed E-state index contributed by atoms with van der Waals surface area (Å²) in [6.07, 6.45) is 0.852. The normalized spacial score (nSPS) is 12.2. The van der Waals surface area contributed by atoms with Gasteiger partial charge in [0.1, 0.15) is 5.75 Å². The minimum atomic E-state index is -0.00907. The summed E-state index contributed by atoms with van der Waals surface area (Å²) in [6, 6.07) is 12.4. The van der Waals surface area contributed by atoms with Crippen LogP contribution in [0.2, 0.25) is 0 Å². The number of hydrogen-bond donors (Lipinski definition) is 1. The Morgan fingerprint density at radius 2 is 1.70 bits per heavy atom. The van der Waals surface area contributed by atoms with Crippen molar-refractivity contribution in [2.24, 2.45) is 5.73 Å². The summed E-state index contributed by atoms with van der Waals surface area (Å²) in [6.45, 7) is 6.45. The van der Waals surface area contributed by atoms with E-state index in [2.05, 4.69) is 39.0 Å². The van der Waals surface area contributed by atoms with Crippen molar-refractivity contribution in [2.45, 2.75) is 33.2 Å². The molecule has 0 saturated heterocycles. The molecule has 2 aromatic carbocycles. The van der Waals surface area contributed by atoms with Gasteiger partial charge in [0.25, 0.3) is 0 Å². The van der Waals surface area contributed by atoms with Crippen molar-refractivity contribution in [3.8, 4) is 5.75 Å². The van der Waals surface area contributed by atoms with Gasteiger partial charge in [-0.05, 0) is 61.6 Å². The van der Waals surface area contributed by atoms with Crippen LogP contribution in [-0.2, 0) is 6.42 Å². The molecule has 106 valence electrons. The molecule has 2 nitrogen and oxygen atoms in total. The van der Waals surface area contributed by atoms with Gasteiger partial charge in [0.05, 0.1) is 7.11 Å². The van der Waals surface area contributed by atoms with Crippen LogP contribution >= 0.6 is 0 Å².